The van der Waals surface area contributed by atoms with Crippen molar-refractivity contribution in [1.29, 1.82) is 0 Å². The summed E-state index contributed by atoms with van der Waals surface area (Å²) in [6.45, 7) is 25.1. The monoisotopic (exact) mass is 1070 g/mol. The van der Waals surface area contributed by atoms with E-state index in [1.54, 1.807) is 5.57 Å². The Kier molecular flexibility index (Phi) is 20.9. The van der Waals surface area contributed by atoms with Crippen LogP contribution < -0.4 is 0 Å². The molecule has 6 fully saturated rings. The molecule has 0 radical (unpaired) electrons. The van der Waals surface area contributed by atoms with E-state index in [-0.39, 0.29) is 52.4 Å². The lowest BCUT2D eigenvalue weighted by molar-refractivity contribution is -0.152. The number of ketones is 1. The first-order valence-electron chi connectivity index (χ1n) is 31.9. The molecule has 9 heteroatoms. The number of unbranched alkanes of at least 4 members (excludes halogenated alkanes) is 3. The van der Waals surface area contributed by atoms with E-state index >= 15 is 0 Å². The van der Waals surface area contributed by atoms with Gasteiger partial charge in [0, 0.05) is 51.4 Å². The fourth-order valence-corrected chi connectivity index (χ4v) is 17.9. The quantitative estimate of drug-likeness (QED) is 0.0452. The number of ether oxygens (including phenoxy) is 5. The lowest BCUT2D eigenvalue weighted by Crippen LogP contribution is -2.51. The van der Waals surface area contributed by atoms with Crippen LogP contribution in [0.25, 0.3) is 0 Å². The minimum absolute atomic E-state index is 0.0215. The predicted octanol–water partition coefficient (Wildman–Crippen LogP) is 15.1. The number of hydrogen-bond donors (Lipinski definition) is 0. The first kappa shape index (κ1) is 60.5. The van der Waals surface area contributed by atoms with Gasteiger partial charge < -0.3 is 28.6 Å². The molecule has 0 aromatic heterocycles. The zero-order valence-electron chi connectivity index (χ0n) is 50.6. The molecule has 0 aliphatic heterocycles. The summed E-state index contributed by atoms with van der Waals surface area (Å²) in [4.78, 5) is 41.1. The molecule has 0 aromatic carbocycles. The second-order valence-corrected chi connectivity index (χ2v) is 28.3. The Hall–Kier alpha value is -2.59. The van der Waals surface area contributed by atoms with Gasteiger partial charge >= 0.3 is 11.9 Å². The summed E-state index contributed by atoms with van der Waals surface area (Å²) in [7, 11) is 4.16. The molecule has 0 saturated heterocycles. The summed E-state index contributed by atoms with van der Waals surface area (Å²) in [5.74, 6) is 6.46. The third kappa shape index (κ3) is 13.8. The highest BCUT2D eigenvalue weighted by Gasteiger charge is 2.60. The summed E-state index contributed by atoms with van der Waals surface area (Å²) in [6, 6.07) is 0. The van der Waals surface area contributed by atoms with Crippen LogP contribution in [0, 0.1) is 80.8 Å². The summed E-state index contributed by atoms with van der Waals surface area (Å²) < 4.78 is 30.8. The number of rotatable bonds is 27. The molecule has 8 aliphatic rings. The highest BCUT2D eigenvalue weighted by molar-refractivity contribution is 5.79. The van der Waals surface area contributed by atoms with E-state index < -0.39 is 0 Å². The number of carbonyl (C=O) groups excluding carboxylic acids is 3. The van der Waals surface area contributed by atoms with Crippen LogP contribution in [0.2, 0.25) is 0 Å². The smallest absolute Gasteiger partial charge is 0.306 e. The second kappa shape index (κ2) is 26.5. The normalized spacial score (nSPS) is 36.6. The first-order chi connectivity index (χ1) is 36.8. The molecule has 0 heterocycles. The fourth-order valence-electron chi connectivity index (χ4n) is 17.9. The van der Waals surface area contributed by atoms with Crippen molar-refractivity contribution in [3.63, 3.8) is 0 Å². The van der Waals surface area contributed by atoms with Gasteiger partial charge in [-0.2, -0.15) is 0 Å². The third-order valence-corrected chi connectivity index (χ3v) is 22.9. The van der Waals surface area contributed by atoms with E-state index in [1.807, 2.05) is 6.92 Å². The van der Waals surface area contributed by atoms with Crippen molar-refractivity contribution < 1.29 is 38.1 Å². The van der Waals surface area contributed by atoms with Gasteiger partial charge in [-0.3, -0.25) is 14.4 Å². The number of allylic oxidation sites excluding steroid dienone is 6. The average Bonchev–Trinajstić information content (AvgIpc) is 4.22. The van der Waals surface area contributed by atoms with Gasteiger partial charge in [-0.1, -0.05) is 109 Å². The van der Waals surface area contributed by atoms with E-state index in [2.05, 4.69) is 105 Å². The van der Waals surface area contributed by atoms with Crippen molar-refractivity contribution in [2.75, 3.05) is 53.7 Å². The molecule has 6 saturated carbocycles. The molecule has 16 atom stereocenters. The number of fused-ring (bicyclic) bond motifs is 10. The first-order valence-corrected chi connectivity index (χ1v) is 31.9. The van der Waals surface area contributed by atoms with Gasteiger partial charge in [0.2, 0.25) is 0 Å². The third-order valence-electron chi connectivity index (χ3n) is 22.9. The largest absolute Gasteiger partial charge is 0.462 e. The van der Waals surface area contributed by atoms with Gasteiger partial charge in [0.1, 0.15) is 24.1 Å². The zero-order valence-corrected chi connectivity index (χ0v) is 50.6. The van der Waals surface area contributed by atoms with Crippen LogP contribution >= 0.6 is 0 Å². The van der Waals surface area contributed by atoms with E-state index in [9.17, 15) is 14.4 Å². The molecule has 0 aromatic rings. The topological polar surface area (TPSA) is 101 Å². The second-order valence-electron chi connectivity index (χ2n) is 28.3. The summed E-state index contributed by atoms with van der Waals surface area (Å²) in [5, 5.41) is 0. The molecular formula is C68H109NO8. The van der Waals surface area contributed by atoms with E-state index in [4.69, 9.17) is 23.7 Å². The van der Waals surface area contributed by atoms with Crippen molar-refractivity contribution >= 4 is 17.7 Å². The number of Topliss-reactive ketones (excluding diaryl/α,β-unsaturated/α-hetero) is 1. The molecule has 77 heavy (non-hydrogen) atoms. The van der Waals surface area contributed by atoms with Crippen LogP contribution in [-0.4, -0.2) is 94.6 Å². The number of nitrogens with zero attached hydrogens (tertiary/aromatic N) is 1. The van der Waals surface area contributed by atoms with E-state index in [1.165, 1.54) is 56.1 Å². The Morgan fingerprint density at radius 1 is 0.649 bits per heavy atom. The number of esters is 2. The van der Waals surface area contributed by atoms with Gasteiger partial charge in [-0.25, -0.2) is 0 Å². The Morgan fingerprint density at radius 3 is 1.99 bits per heavy atom. The minimum Gasteiger partial charge on any atom is -0.462 e. The van der Waals surface area contributed by atoms with Crippen molar-refractivity contribution in [1.82, 2.24) is 4.90 Å². The lowest BCUT2D eigenvalue weighted by atomic mass is 9.47. The van der Waals surface area contributed by atoms with Gasteiger partial charge in [0.05, 0.1) is 13.2 Å². The molecule has 0 spiro atoms. The fraction of sp³-hybridized carbons (Fsp3) is 0.838. The van der Waals surface area contributed by atoms with Crippen LogP contribution in [0.4, 0.5) is 0 Å². The van der Waals surface area contributed by atoms with E-state index in [0.717, 1.165) is 102 Å². The molecule has 0 bridgehead atoms. The average molecular weight is 1070 g/mol. The Balaban J connectivity index is 0.705. The molecule has 16 unspecified atom stereocenters. The Morgan fingerprint density at radius 2 is 1.30 bits per heavy atom. The Bertz CT molecular complexity index is 2120. The van der Waals surface area contributed by atoms with Gasteiger partial charge in [0.15, 0.2) is 0 Å². The molecular weight excluding hydrogens is 959 g/mol. The maximum Gasteiger partial charge on any atom is 0.306 e. The van der Waals surface area contributed by atoms with Crippen LogP contribution in [0.1, 0.15) is 210 Å². The van der Waals surface area contributed by atoms with Gasteiger partial charge in [-0.15, -0.1) is 0 Å². The summed E-state index contributed by atoms with van der Waals surface area (Å²) >= 11 is 0. The maximum absolute atomic E-state index is 13.2. The number of hydrogen-bond acceptors (Lipinski definition) is 9. The van der Waals surface area contributed by atoms with Crippen LogP contribution in [0.5, 0.6) is 0 Å². The van der Waals surface area contributed by atoms with Gasteiger partial charge in [0.25, 0.3) is 0 Å². The molecule has 9 nitrogen and oxygen atoms in total. The lowest BCUT2D eigenvalue weighted by Gasteiger charge is -2.58. The minimum atomic E-state index is -0.167. The molecule has 434 valence electrons. The highest BCUT2D eigenvalue weighted by atomic mass is 16.6. The van der Waals surface area contributed by atoms with Crippen molar-refractivity contribution in [3.05, 3.63) is 47.1 Å². The van der Waals surface area contributed by atoms with Gasteiger partial charge in [-0.05, 0) is 218 Å². The maximum atomic E-state index is 13.2. The summed E-state index contributed by atoms with van der Waals surface area (Å²) in [5.41, 5.74) is 5.66. The molecule has 8 rings (SSSR count). The standard InChI is InChI=1S/C68H109NO8/c1-46(2)47(3)20-21-48(4)57-26-28-59-55-24-22-50-43-53(31-34-65(50,6)61(55)32-36-67(57,59)8)77-64(72)19-14-16-39-73-44-54(45-74-40-17-38-69(10)11)75-41-15-12-13-18-63(71)76-52-30-35-66(7)51(42-52)23-25-56-60-29-27-58(49(5)70)68(60,9)37-33-62(56)66/h20-24,46-48,52-54,56-62H,12-19,25-45H2,1-11H3/b21-20+. The Labute approximate surface area is 468 Å². The predicted molar refractivity (Wildman–Crippen MR) is 310 cm³/mol. The van der Waals surface area contributed by atoms with Crippen LogP contribution in [0.3, 0.4) is 0 Å². The molecule has 0 N–H and O–H groups in total. The molecule has 0 amide bonds. The summed E-state index contributed by atoms with van der Waals surface area (Å²) in [6.07, 6.45) is 35.1. The highest BCUT2D eigenvalue weighted by Crippen LogP contribution is 2.68. The van der Waals surface area contributed by atoms with Crippen molar-refractivity contribution in [2.24, 2.45) is 80.8 Å². The van der Waals surface area contributed by atoms with Crippen LogP contribution in [0.15, 0.2) is 47.1 Å². The SMILES string of the molecule is CC(=O)C1CCC2C3CC=C4CC(OC(=O)CCCCCOC(COCCCCC(=O)OC5CCC6(C)C(=CC=C7C6CCC6(C)C7CCC6C(C)/C=C/C(C)C(C)C)C5)COCCCN(C)C)CCC4(C)C3CCC12C. The molecule has 8 aliphatic carbocycles. The zero-order chi connectivity index (χ0) is 55.1. The van der Waals surface area contributed by atoms with Crippen LogP contribution in [-0.2, 0) is 38.1 Å². The number of carbonyl (C=O) groups is 3. The van der Waals surface area contributed by atoms with Crippen molar-refractivity contribution in [2.45, 2.75) is 228 Å². The van der Waals surface area contributed by atoms with E-state index in [0.29, 0.717) is 104 Å². The van der Waals surface area contributed by atoms with Crippen molar-refractivity contribution in [3.8, 4) is 0 Å².